The predicted octanol–water partition coefficient (Wildman–Crippen LogP) is 1.88. The van der Waals surface area contributed by atoms with E-state index < -0.39 is 21.8 Å². The van der Waals surface area contributed by atoms with Gasteiger partial charge in [-0.1, -0.05) is 6.07 Å². The number of hydrogen-bond acceptors (Lipinski definition) is 5. The van der Waals surface area contributed by atoms with E-state index >= 15 is 0 Å². The lowest BCUT2D eigenvalue weighted by Gasteiger charge is -2.05. The SMILES string of the molecule is COC(=O)c1sc2cccc(F)c2c1CNS(C)(=O)=O. The third-order valence-corrected chi connectivity index (χ3v) is 4.49. The minimum atomic E-state index is -3.45. The molecule has 0 spiro atoms. The number of methoxy groups -OCH3 is 1. The van der Waals surface area contributed by atoms with Crippen molar-refractivity contribution in [3.05, 3.63) is 34.5 Å². The smallest absolute Gasteiger partial charge is 0.348 e. The molecule has 20 heavy (non-hydrogen) atoms. The van der Waals surface area contributed by atoms with Crippen LogP contribution in [0.3, 0.4) is 0 Å². The summed E-state index contributed by atoms with van der Waals surface area (Å²) in [5.74, 6) is -1.12. The van der Waals surface area contributed by atoms with Crippen molar-refractivity contribution >= 4 is 37.4 Å². The molecular weight excluding hydrogens is 305 g/mol. The lowest BCUT2D eigenvalue weighted by molar-refractivity contribution is 0.0605. The largest absolute Gasteiger partial charge is 0.465 e. The summed E-state index contributed by atoms with van der Waals surface area (Å²) in [6, 6.07) is 4.46. The molecule has 0 atom stereocenters. The van der Waals surface area contributed by atoms with Gasteiger partial charge in [0.25, 0.3) is 0 Å². The van der Waals surface area contributed by atoms with Crippen LogP contribution in [0.2, 0.25) is 0 Å². The van der Waals surface area contributed by atoms with Gasteiger partial charge in [-0.25, -0.2) is 22.3 Å². The number of thiophene rings is 1. The van der Waals surface area contributed by atoms with Crippen LogP contribution in [-0.4, -0.2) is 27.8 Å². The van der Waals surface area contributed by atoms with Crippen LogP contribution in [0.5, 0.6) is 0 Å². The summed E-state index contributed by atoms with van der Waals surface area (Å²) in [7, 11) is -2.23. The van der Waals surface area contributed by atoms with Crippen LogP contribution in [-0.2, 0) is 21.3 Å². The van der Waals surface area contributed by atoms with Gasteiger partial charge < -0.3 is 4.74 Å². The van der Waals surface area contributed by atoms with Crippen LogP contribution >= 0.6 is 11.3 Å². The second-order valence-corrected chi connectivity index (χ2v) is 6.99. The topological polar surface area (TPSA) is 72.5 Å². The van der Waals surface area contributed by atoms with E-state index in [0.29, 0.717) is 10.3 Å². The molecule has 0 fully saturated rings. The van der Waals surface area contributed by atoms with Crippen LogP contribution in [0.1, 0.15) is 15.2 Å². The Morgan fingerprint density at radius 1 is 1.45 bits per heavy atom. The molecule has 2 aromatic rings. The van der Waals surface area contributed by atoms with Crippen LogP contribution in [0.25, 0.3) is 10.1 Å². The Morgan fingerprint density at radius 3 is 2.75 bits per heavy atom. The van der Waals surface area contributed by atoms with Gasteiger partial charge in [-0.3, -0.25) is 0 Å². The summed E-state index contributed by atoms with van der Waals surface area (Å²) in [5.41, 5.74) is 0.292. The number of carbonyl (C=O) groups is 1. The van der Waals surface area contributed by atoms with Gasteiger partial charge in [-0.05, 0) is 12.1 Å². The first-order valence-electron chi connectivity index (χ1n) is 5.56. The number of carbonyl (C=O) groups excluding carboxylic acids is 1. The van der Waals surface area contributed by atoms with Crippen LogP contribution < -0.4 is 4.72 Å². The minimum absolute atomic E-state index is 0.163. The number of sulfonamides is 1. The molecule has 0 bridgehead atoms. The molecule has 108 valence electrons. The number of halogens is 1. The molecule has 0 radical (unpaired) electrons. The summed E-state index contributed by atoms with van der Waals surface area (Å²) >= 11 is 1.07. The van der Waals surface area contributed by atoms with Crippen LogP contribution in [0.15, 0.2) is 18.2 Å². The summed E-state index contributed by atoms with van der Waals surface area (Å²) in [4.78, 5) is 11.9. The van der Waals surface area contributed by atoms with Crippen molar-refractivity contribution in [1.29, 1.82) is 0 Å². The number of hydrogen-bond donors (Lipinski definition) is 1. The van der Waals surface area contributed by atoms with Gasteiger partial charge in [0, 0.05) is 22.2 Å². The quantitative estimate of drug-likeness (QED) is 0.874. The van der Waals surface area contributed by atoms with E-state index in [1.165, 1.54) is 19.2 Å². The number of benzene rings is 1. The van der Waals surface area contributed by atoms with E-state index in [0.717, 1.165) is 17.6 Å². The first-order valence-corrected chi connectivity index (χ1v) is 8.27. The fraction of sp³-hybridized carbons (Fsp3) is 0.250. The summed E-state index contributed by atoms with van der Waals surface area (Å²) in [6.07, 6.45) is 0.996. The predicted molar refractivity (Wildman–Crippen MR) is 74.8 cm³/mol. The highest BCUT2D eigenvalue weighted by atomic mass is 32.2. The van der Waals surface area contributed by atoms with Crippen molar-refractivity contribution in [2.24, 2.45) is 0 Å². The van der Waals surface area contributed by atoms with Gasteiger partial charge >= 0.3 is 5.97 Å². The molecule has 0 saturated carbocycles. The molecule has 0 saturated heterocycles. The van der Waals surface area contributed by atoms with E-state index in [1.54, 1.807) is 6.07 Å². The van der Waals surface area contributed by atoms with E-state index in [4.69, 9.17) is 0 Å². The highest BCUT2D eigenvalue weighted by Crippen LogP contribution is 2.33. The van der Waals surface area contributed by atoms with Crippen molar-refractivity contribution in [3.8, 4) is 0 Å². The molecule has 2 rings (SSSR count). The maximum absolute atomic E-state index is 13.9. The van der Waals surface area contributed by atoms with Gasteiger partial charge in [0.2, 0.25) is 10.0 Å². The zero-order valence-electron chi connectivity index (χ0n) is 10.8. The standard InChI is InChI=1S/C12H12FNO4S2/c1-18-12(15)11-7(6-14-20(2,16)17)10-8(13)4-3-5-9(10)19-11/h3-5,14H,6H2,1-2H3. The van der Waals surface area contributed by atoms with Gasteiger partial charge in [0.05, 0.1) is 13.4 Å². The molecule has 0 aliphatic carbocycles. The van der Waals surface area contributed by atoms with Crippen molar-refractivity contribution in [3.63, 3.8) is 0 Å². The van der Waals surface area contributed by atoms with Gasteiger partial charge in [0.1, 0.15) is 10.7 Å². The average molecular weight is 317 g/mol. The lowest BCUT2D eigenvalue weighted by atomic mass is 10.1. The number of rotatable bonds is 4. The Bertz CT molecular complexity index is 767. The van der Waals surface area contributed by atoms with Crippen LogP contribution in [0, 0.1) is 5.82 Å². The Balaban J connectivity index is 2.60. The molecule has 5 nitrogen and oxygen atoms in total. The maximum atomic E-state index is 13.9. The third-order valence-electron chi connectivity index (χ3n) is 2.65. The van der Waals surface area contributed by atoms with E-state index in [1.807, 2.05) is 0 Å². The highest BCUT2D eigenvalue weighted by Gasteiger charge is 2.21. The Kier molecular flexibility index (Phi) is 4.07. The van der Waals surface area contributed by atoms with E-state index in [2.05, 4.69) is 9.46 Å². The molecule has 0 aliphatic heterocycles. The van der Waals surface area contributed by atoms with Crippen LogP contribution in [0.4, 0.5) is 4.39 Å². The molecule has 0 aliphatic rings. The van der Waals surface area contributed by atoms with Gasteiger partial charge in [0.15, 0.2) is 0 Å². The molecule has 1 heterocycles. The number of ether oxygens (including phenoxy) is 1. The summed E-state index contributed by atoms with van der Waals surface area (Å²) < 4.78 is 43.8. The molecule has 1 N–H and O–H groups in total. The minimum Gasteiger partial charge on any atom is -0.465 e. The molecule has 1 aromatic carbocycles. The van der Waals surface area contributed by atoms with Crippen molar-refractivity contribution in [1.82, 2.24) is 4.72 Å². The summed E-state index contributed by atoms with van der Waals surface area (Å²) in [6.45, 7) is -0.163. The Morgan fingerprint density at radius 2 is 2.15 bits per heavy atom. The van der Waals surface area contributed by atoms with Crippen molar-refractivity contribution in [2.75, 3.05) is 13.4 Å². The first-order chi connectivity index (χ1) is 9.33. The zero-order valence-corrected chi connectivity index (χ0v) is 12.4. The normalized spacial score (nSPS) is 11.8. The lowest BCUT2D eigenvalue weighted by Crippen LogP contribution is -2.22. The Hall–Kier alpha value is -1.51. The number of nitrogens with one attached hydrogen (secondary N) is 1. The Labute approximate surface area is 119 Å². The average Bonchev–Trinajstić information content (AvgIpc) is 2.74. The van der Waals surface area contributed by atoms with Crippen molar-refractivity contribution in [2.45, 2.75) is 6.54 Å². The zero-order chi connectivity index (χ0) is 14.9. The second-order valence-electron chi connectivity index (χ2n) is 4.11. The van der Waals surface area contributed by atoms with Crippen molar-refractivity contribution < 1.29 is 22.3 Å². The van der Waals surface area contributed by atoms with Gasteiger partial charge in [-0.15, -0.1) is 11.3 Å². The highest BCUT2D eigenvalue weighted by molar-refractivity contribution is 7.88. The van der Waals surface area contributed by atoms with E-state index in [-0.39, 0.29) is 16.8 Å². The number of esters is 1. The van der Waals surface area contributed by atoms with E-state index in [9.17, 15) is 17.6 Å². The molecule has 0 unspecified atom stereocenters. The third kappa shape index (κ3) is 2.97. The van der Waals surface area contributed by atoms with Gasteiger partial charge in [-0.2, -0.15) is 0 Å². The summed E-state index contributed by atoms with van der Waals surface area (Å²) in [5, 5.41) is 0.244. The monoisotopic (exact) mass is 317 g/mol. The first kappa shape index (κ1) is 14.9. The fourth-order valence-electron chi connectivity index (χ4n) is 1.80. The molecular formula is C12H12FNO4S2. The second kappa shape index (κ2) is 5.47. The molecule has 8 heteroatoms. The number of fused-ring (bicyclic) bond motifs is 1. The molecule has 0 amide bonds. The maximum Gasteiger partial charge on any atom is 0.348 e. The fourth-order valence-corrected chi connectivity index (χ4v) is 3.36. The molecule has 1 aromatic heterocycles.